The number of aryl methyl sites for hydroxylation is 2. The van der Waals surface area contributed by atoms with Crippen LogP contribution in [0.15, 0.2) is 27.4 Å². The topological polar surface area (TPSA) is 106 Å². The molecule has 0 bridgehead atoms. The molecule has 0 radical (unpaired) electrons. The lowest BCUT2D eigenvalue weighted by Gasteiger charge is -2.14. The number of carbonyl (C=O) groups excluding carboxylic acids is 1. The molecule has 1 aromatic carbocycles. The summed E-state index contributed by atoms with van der Waals surface area (Å²) in [4.78, 5) is 34.8. The molecule has 0 fully saturated rings. The number of hydrogen-bond acceptors (Lipinski definition) is 5. The zero-order valence-electron chi connectivity index (χ0n) is 15.1. The fourth-order valence-electron chi connectivity index (χ4n) is 2.84. The number of rotatable bonds is 8. The van der Waals surface area contributed by atoms with Crippen molar-refractivity contribution in [2.75, 3.05) is 7.11 Å². The molecule has 1 heterocycles. The van der Waals surface area contributed by atoms with Crippen molar-refractivity contribution in [1.82, 2.24) is 5.32 Å². The van der Waals surface area contributed by atoms with Crippen LogP contribution in [0.1, 0.15) is 37.3 Å². The number of hydrogen-bond donors (Lipinski definition) is 2. The molecule has 2 N–H and O–H groups in total. The van der Waals surface area contributed by atoms with Crippen LogP contribution in [0.3, 0.4) is 0 Å². The van der Waals surface area contributed by atoms with Gasteiger partial charge in [0.15, 0.2) is 0 Å². The van der Waals surface area contributed by atoms with Gasteiger partial charge in [-0.2, -0.15) is 0 Å². The first-order valence-corrected chi connectivity index (χ1v) is 8.49. The molecule has 0 unspecified atom stereocenters. The molecule has 0 saturated heterocycles. The van der Waals surface area contributed by atoms with Gasteiger partial charge in [-0.3, -0.25) is 4.79 Å². The van der Waals surface area contributed by atoms with E-state index in [9.17, 15) is 14.4 Å². The first kappa shape index (κ1) is 19.5. The number of aliphatic carboxylic acids is 1. The number of amides is 1. The predicted molar refractivity (Wildman–Crippen MR) is 96.6 cm³/mol. The highest BCUT2D eigenvalue weighted by atomic mass is 16.5. The Morgan fingerprint density at radius 1 is 1.31 bits per heavy atom. The van der Waals surface area contributed by atoms with Crippen LogP contribution in [-0.4, -0.2) is 30.1 Å². The Hall–Kier alpha value is -2.83. The highest BCUT2D eigenvalue weighted by molar-refractivity contribution is 5.85. The summed E-state index contributed by atoms with van der Waals surface area (Å²) >= 11 is 0. The van der Waals surface area contributed by atoms with Crippen molar-refractivity contribution in [3.8, 4) is 5.75 Å². The van der Waals surface area contributed by atoms with Crippen molar-refractivity contribution in [2.24, 2.45) is 0 Å². The summed E-state index contributed by atoms with van der Waals surface area (Å²) < 4.78 is 10.5. The van der Waals surface area contributed by atoms with Gasteiger partial charge in [0.1, 0.15) is 17.4 Å². The molecule has 140 valence electrons. The minimum Gasteiger partial charge on any atom is -0.496 e. The zero-order chi connectivity index (χ0) is 19.3. The number of fused-ring (bicyclic) bond motifs is 1. The number of nitrogens with one attached hydrogen (secondary N) is 1. The van der Waals surface area contributed by atoms with Crippen LogP contribution in [-0.2, 0) is 16.0 Å². The second kappa shape index (κ2) is 8.51. The SMILES string of the molecule is CCC[C@H](NC(=O)CCc1cc2c(C)cc(=O)oc2cc1OC)C(=O)O. The number of ether oxygens (including phenoxy) is 1. The molecular formula is C19H23NO6. The Labute approximate surface area is 151 Å². The lowest BCUT2D eigenvalue weighted by atomic mass is 10.0. The number of carboxylic acid groups (broad SMARTS) is 1. The number of carboxylic acids is 1. The van der Waals surface area contributed by atoms with E-state index in [1.165, 1.54) is 13.2 Å². The van der Waals surface area contributed by atoms with Crippen LogP contribution in [0.2, 0.25) is 0 Å². The average molecular weight is 361 g/mol. The van der Waals surface area contributed by atoms with E-state index in [0.717, 1.165) is 16.5 Å². The molecule has 1 aromatic heterocycles. The van der Waals surface area contributed by atoms with Gasteiger partial charge in [-0.25, -0.2) is 9.59 Å². The number of benzene rings is 1. The van der Waals surface area contributed by atoms with Gasteiger partial charge in [0.25, 0.3) is 0 Å². The van der Waals surface area contributed by atoms with Crippen molar-refractivity contribution in [2.45, 2.75) is 45.6 Å². The van der Waals surface area contributed by atoms with Crippen molar-refractivity contribution >= 4 is 22.8 Å². The van der Waals surface area contributed by atoms with Gasteiger partial charge in [0.05, 0.1) is 7.11 Å². The van der Waals surface area contributed by atoms with Crippen LogP contribution >= 0.6 is 0 Å². The standard InChI is InChI=1S/C19H23NO6/c1-4-5-14(19(23)24)20-17(21)7-6-12-9-13-11(2)8-18(22)26-16(13)10-15(12)25-3/h8-10,14H,4-7H2,1-3H3,(H,20,21)(H,23,24)/t14-/m0/s1. The maximum Gasteiger partial charge on any atom is 0.336 e. The smallest absolute Gasteiger partial charge is 0.336 e. The summed E-state index contributed by atoms with van der Waals surface area (Å²) in [5, 5.41) is 12.4. The second-order valence-corrected chi connectivity index (χ2v) is 6.16. The third kappa shape index (κ3) is 4.62. The maximum atomic E-state index is 12.1. The van der Waals surface area contributed by atoms with E-state index in [4.69, 9.17) is 14.3 Å². The Kier molecular flexibility index (Phi) is 6.38. The summed E-state index contributed by atoms with van der Waals surface area (Å²) in [5.74, 6) is -0.846. The largest absolute Gasteiger partial charge is 0.496 e. The predicted octanol–water partition coefficient (Wildman–Crippen LogP) is 2.41. The van der Waals surface area contributed by atoms with Crippen LogP contribution in [0.4, 0.5) is 0 Å². The van der Waals surface area contributed by atoms with Gasteiger partial charge in [0, 0.05) is 23.9 Å². The third-order valence-corrected chi connectivity index (χ3v) is 4.18. The molecule has 26 heavy (non-hydrogen) atoms. The molecule has 1 amide bonds. The summed E-state index contributed by atoms with van der Waals surface area (Å²) in [5.41, 5.74) is 1.56. The maximum absolute atomic E-state index is 12.1. The molecule has 0 aliphatic rings. The molecule has 7 nitrogen and oxygen atoms in total. The van der Waals surface area contributed by atoms with Crippen LogP contribution < -0.4 is 15.7 Å². The Morgan fingerprint density at radius 2 is 2.04 bits per heavy atom. The molecule has 2 rings (SSSR count). The van der Waals surface area contributed by atoms with E-state index in [2.05, 4.69) is 5.32 Å². The monoisotopic (exact) mass is 361 g/mol. The van der Waals surface area contributed by atoms with Gasteiger partial charge in [-0.1, -0.05) is 13.3 Å². The van der Waals surface area contributed by atoms with E-state index in [1.54, 1.807) is 6.07 Å². The normalized spacial score (nSPS) is 12.0. The molecule has 7 heteroatoms. The van der Waals surface area contributed by atoms with Crippen molar-refractivity contribution < 1.29 is 23.8 Å². The fraction of sp³-hybridized carbons (Fsp3) is 0.421. The Bertz CT molecular complexity index is 870. The molecule has 0 spiro atoms. The minimum atomic E-state index is -1.03. The van der Waals surface area contributed by atoms with E-state index in [1.807, 2.05) is 19.9 Å². The van der Waals surface area contributed by atoms with Crippen molar-refractivity contribution in [1.29, 1.82) is 0 Å². The van der Waals surface area contributed by atoms with Crippen LogP contribution in [0, 0.1) is 6.92 Å². The van der Waals surface area contributed by atoms with Crippen LogP contribution in [0.25, 0.3) is 11.0 Å². The first-order valence-electron chi connectivity index (χ1n) is 8.49. The minimum absolute atomic E-state index is 0.130. The van der Waals surface area contributed by atoms with E-state index in [-0.39, 0.29) is 12.3 Å². The molecule has 2 aromatic rings. The van der Waals surface area contributed by atoms with Crippen molar-refractivity contribution in [3.05, 3.63) is 39.7 Å². The Balaban J connectivity index is 2.18. The summed E-state index contributed by atoms with van der Waals surface area (Å²) in [6.45, 7) is 3.67. The van der Waals surface area contributed by atoms with Gasteiger partial charge < -0.3 is 19.6 Å². The number of methoxy groups -OCH3 is 1. The Morgan fingerprint density at radius 3 is 2.65 bits per heavy atom. The lowest BCUT2D eigenvalue weighted by Crippen LogP contribution is -2.40. The molecular weight excluding hydrogens is 338 g/mol. The number of carbonyl (C=O) groups is 2. The summed E-state index contributed by atoms with van der Waals surface area (Å²) in [6.07, 6.45) is 1.56. The molecule has 0 aliphatic carbocycles. The first-order chi connectivity index (χ1) is 12.3. The quantitative estimate of drug-likeness (QED) is 0.700. The van der Waals surface area contributed by atoms with Gasteiger partial charge >= 0.3 is 11.6 Å². The summed E-state index contributed by atoms with van der Waals surface area (Å²) in [6, 6.07) is 4.00. The molecule has 0 aliphatic heterocycles. The van der Waals surface area contributed by atoms with E-state index < -0.39 is 17.6 Å². The zero-order valence-corrected chi connectivity index (χ0v) is 15.1. The van der Waals surface area contributed by atoms with Crippen LogP contribution in [0.5, 0.6) is 5.75 Å². The van der Waals surface area contributed by atoms with Gasteiger partial charge in [-0.05, 0) is 37.0 Å². The van der Waals surface area contributed by atoms with Gasteiger partial charge in [0.2, 0.25) is 5.91 Å². The van der Waals surface area contributed by atoms with E-state index in [0.29, 0.717) is 30.6 Å². The third-order valence-electron chi connectivity index (χ3n) is 4.18. The highest BCUT2D eigenvalue weighted by Gasteiger charge is 2.19. The second-order valence-electron chi connectivity index (χ2n) is 6.16. The summed E-state index contributed by atoms with van der Waals surface area (Å²) in [7, 11) is 1.50. The highest BCUT2D eigenvalue weighted by Crippen LogP contribution is 2.28. The molecule has 0 saturated carbocycles. The van der Waals surface area contributed by atoms with Gasteiger partial charge in [-0.15, -0.1) is 0 Å². The average Bonchev–Trinajstić information content (AvgIpc) is 2.58. The van der Waals surface area contributed by atoms with Crippen molar-refractivity contribution in [3.63, 3.8) is 0 Å². The van der Waals surface area contributed by atoms with E-state index >= 15 is 0 Å². The fourth-order valence-corrected chi connectivity index (χ4v) is 2.84. The molecule has 1 atom stereocenters. The lowest BCUT2D eigenvalue weighted by molar-refractivity contribution is -0.142.